The lowest BCUT2D eigenvalue weighted by Gasteiger charge is -2.28. The standard InChI is InChI=1S/C20H21NO5/c1-2-15-6-5-7-16(12-15)24-10-11-25-20(23)13-21-17-8-3-4-9-18(17)26-14-19(21)22/h3-9,12H,2,10-11,13-14H2,1H3. The molecule has 1 amide bonds. The second-order valence-corrected chi connectivity index (χ2v) is 5.81. The van der Waals surface area contributed by atoms with Gasteiger partial charge in [0.05, 0.1) is 5.69 Å². The Hall–Kier alpha value is -3.02. The van der Waals surface area contributed by atoms with E-state index in [2.05, 4.69) is 6.92 Å². The third-order valence-electron chi connectivity index (χ3n) is 4.02. The Morgan fingerprint density at radius 2 is 2.00 bits per heavy atom. The van der Waals surface area contributed by atoms with Gasteiger partial charge in [0.1, 0.15) is 31.3 Å². The van der Waals surface area contributed by atoms with Crippen LogP contribution in [-0.4, -0.2) is 38.2 Å². The summed E-state index contributed by atoms with van der Waals surface area (Å²) in [4.78, 5) is 25.5. The minimum Gasteiger partial charge on any atom is -0.490 e. The van der Waals surface area contributed by atoms with Crippen LogP contribution in [-0.2, 0) is 20.7 Å². The third kappa shape index (κ3) is 4.33. The molecular formula is C20H21NO5. The molecule has 0 atom stereocenters. The maximum Gasteiger partial charge on any atom is 0.326 e. The first-order valence-electron chi connectivity index (χ1n) is 8.57. The number of carbonyl (C=O) groups excluding carboxylic acids is 2. The van der Waals surface area contributed by atoms with Gasteiger partial charge >= 0.3 is 5.97 Å². The highest BCUT2D eigenvalue weighted by atomic mass is 16.6. The molecule has 6 heteroatoms. The topological polar surface area (TPSA) is 65.1 Å². The number of benzene rings is 2. The van der Waals surface area contributed by atoms with Crippen LogP contribution >= 0.6 is 0 Å². The molecule has 0 saturated heterocycles. The van der Waals surface area contributed by atoms with Gasteiger partial charge in [-0.05, 0) is 36.2 Å². The molecule has 136 valence electrons. The zero-order valence-electron chi connectivity index (χ0n) is 14.6. The van der Waals surface area contributed by atoms with Crippen LogP contribution in [0.1, 0.15) is 12.5 Å². The number of para-hydroxylation sites is 2. The molecule has 0 unspecified atom stereocenters. The number of aryl methyl sites for hydroxylation is 1. The molecule has 0 fully saturated rings. The third-order valence-corrected chi connectivity index (χ3v) is 4.02. The summed E-state index contributed by atoms with van der Waals surface area (Å²) in [5, 5.41) is 0. The van der Waals surface area contributed by atoms with Crippen LogP contribution in [0, 0.1) is 0 Å². The molecule has 0 radical (unpaired) electrons. The number of anilines is 1. The second kappa shape index (κ2) is 8.38. The van der Waals surface area contributed by atoms with E-state index in [0.29, 0.717) is 11.4 Å². The molecule has 0 aromatic heterocycles. The van der Waals surface area contributed by atoms with Crippen molar-refractivity contribution in [2.75, 3.05) is 31.3 Å². The predicted molar refractivity (Wildman–Crippen MR) is 96.6 cm³/mol. The van der Waals surface area contributed by atoms with Gasteiger partial charge in [0.2, 0.25) is 0 Å². The maximum atomic E-state index is 12.1. The average molecular weight is 355 g/mol. The first-order valence-corrected chi connectivity index (χ1v) is 8.57. The predicted octanol–water partition coefficient (Wildman–Crippen LogP) is 2.60. The van der Waals surface area contributed by atoms with Gasteiger partial charge in [0.25, 0.3) is 5.91 Å². The van der Waals surface area contributed by atoms with Gasteiger partial charge < -0.3 is 14.2 Å². The highest BCUT2D eigenvalue weighted by Crippen LogP contribution is 2.31. The fourth-order valence-electron chi connectivity index (χ4n) is 2.67. The summed E-state index contributed by atoms with van der Waals surface area (Å²) in [6, 6.07) is 14.9. The normalized spacial score (nSPS) is 13.0. The van der Waals surface area contributed by atoms with Crippen molar-refractivity contribution in [2.45, 2.75) is 13.3 Å². The van der Waals surface area contributed by atoms with E-state index in [-0.39, 0.29) is 32.3 Å². The summed E-state index contributed by atoms with van der Waals surface area (Å²) >= 11 is 0. The molecular weight excluding hydrogens is 334 g/mol. The van der Waals surface area contributed by atoms with Crippen molar-refractivity contribution in [3.63, 3.8) is 0 Å². The molecule has 0 N–H and O–H groups in total. The summed E-state index contributed by atoms with van der Waals surface area (Å²) in [6.45, 7) is 2.22. The van der Waals surface area contributed by atoms with E-state index in [1.165, 1.54) is 10.5 Å². The number of hydrogen-bond donors (Lipinski definition) is 0. The Morgan fingerprint density at radius 3 is 2.85 bits per heavy atom. The number of amides is 1. The Bertz CT molecular complexity index is 789. The molecule has 1 aliphatic rings. The van der Waals surface area contributed by atoms with Crippen LogP contribution in [0.5, 0.6) is 11.5 Å². The van der Waals surface area contributed by atoms with Gasteiger partial charge in [-0.15, -0.1) is 0 Å². The van der Waals surface area contributed by atoms with Crippen LogP contribution in [0.2, 0.25) is 0 Å². The van der Waals surface area contributed by atoms with Crippen LogP contribution < -0.4 is 14.4 Å². The Labute approximate surface area is 152 Å². The van der Waals surface area contributed by atoms with Crippen LogP contribution in [0.3, 0.4) is 0 Å². The van der Waals surface area contributed by atoms with Gasteiger partial charge in [-0.3, -0.25) is 14.5 Å². The minimum atomic E-state index is -0.485. The summed E-state index contributed by atoms with van der Waals surface area (Å²) in [7, 11) is 0. The van der Waals surface area contributed by atoms with Crippen LogP contribution in [0.25, 0.3) is 0 Å². The van der Waals surface area contributed by atoms with Crippen molar-refractivity contribution in [3.8, 4) is 11.5 Å². The van der Waals surface area contributed by atoms with Crippen molar-refractivity contribution < 1.29 is 23.8 Å². The number of hydrogen-bond acceptors (Lipinski definition) is 5. The lowest BCUT2D eigenvalue weighted by atomic mass is 10.2. The molecule has 0 bridgehead atoms. The zero-order valence-corrected chi connectivity index (χ0v) is 14.6. The SMILES string of the molecule is CCc1cccc(OCCOC(=O)CN2C(=O)COc3ccccc32)c1. The summed E-state index contributed by atoms with van der Waals surface area (Å²) in [5.74, 6) is 0.575. The van der Waals surface area contributed by atoms with Gasteiger partial charge in [0, 0.05) is 0 Å². The maximum absolute atomic E-state index is 12.1. The number of nitrogens with zero attached hydrogens (tertiary/aromatic N) is 1. The first kappa shape index (κ1) is 17.8. The van der Waals surface area contributed by atoms with E-state index < -0.39 is 5.97 Å². The van der Waals surface area contributed by atoms with E-state index in [1.807, 2.05) is 30.3 Å². The molecule has 0 aliphatic carbocycles. The van der Waals surface area contributed by atoms with E-state index in [9.17, 15) is 9.59 Å². The van der Waals surface area contributed by atoms with Gasteiger partial charge in [-0.25, -0.2) is 0 Å². The molecule has 0 spiro atoms. The Kier molecular flexibility index (Phi) is 5.73. The van der Waals surface area contributed by atoms with E-state index in [1.54, 1.807) is 18.2 Å². The van der Waals surface area contributed by atoms with Gasteiger partial charge in [0.15, 0.2) is 6.61 Å². The largest absolute Gasteiger partial charge is 0.490 e. The molecule has 1 heterocycles. The van der Waals surface area contributed by atoms with Crippen molar-refractivity contribution >= 4 is 17.6 Å². The fourth-order valence-corrected chi connectivity index (χ4v) is 2.67. The van der Waals surface area contributed by atoms with E-state index in [0.717, 1.165) is 12.2 Å². The Balaban J connectivity index is 1.48. The average Bonchev–Trinajstić information content (AvgIpc) is 2.68. The van der Waals surface area contributed by atoms with Crippen LogP contribution in [0.15, 0.2) is 48.5 Å². The van der Waals surface area contributed by atoms with Gasteiger partial charge in [-0.2, -0.15) is 0 Å². The molecule has 6 nitrogen and oxygen atoms in total. The summed E-state index contributed by atoms with van der Waals surface area (Å²) in [5.41, 5.74) is 1.76. The first-order chi connectivity index (χ1) is 12.7. The molecule has 2 aromatic rings. The molecule has 0 saturated carbocycles. The number of ether oxygens (including phenoxy) is 3. The lowest BCUT2D eigenvalue weighted by molar-refractivity contribution is -0.143. The van der Waals surface area contributed by atoms with Crippen molar-refractivity contribution in [3.05, 3.63) is 54.1 Å². The van der Waals surface area contributed by atoms with Crippen molar-refractivity contribution in [1.29, 1.82) is 0 Å². The zero-order chi connectivity index (χ0) is 18.4. The second-order valence-electron chi connectivity index (χ2n) is 5.81. The molecule has 26 heavy (non-hydrogen) atoms. The number of esters is 1. The number of carbonyl (C=O) groups is 2. The van der Waals surface area contributed by atoms with Gasteiger partial charge in [-0.1, -0.05) is 31.2 Å². The molecule has 1 aliphatic heterocycles. The van der Waals surface area contributed by atoms with Crippen molar-refractivity contribution in [1.82, 2.24) is 0 Å². The number of rotatable bonds is 7. The van der Waals surface area contributed by atoms with E-state index in [4.69, 9.17) is 14.2 Å². The Morgan fingerprint density at radius 1 is 1.15 bits per heavy atom. The minimum absolute atomic E-state index is 0.0822. The highest BCUT2D eigenvalue weighted by molar-refractivity contribution is 6.01. The lowest BCUT2D eigenvalue weighted by Crippen LogP contribution is -2.42. The fraction of sp³-hybridized carbons (Fsp3) is 0.300. The van der Waals surface area contributed by atoms with Crippen molar-refractivity contribution in [2.24, 2.45) is 0 Å². The number of fused-ring (bicyclic) bond motifs is 1. The van der Waals surface area contributed by atoms with Crippen LogP contribution in [0.4, 0.5) is 5.69 Å². The van der Waals surface area contributed by atoms with E-state index >= 15 is 0 Å². The summed E-state index contributed by atoms with van der Waals surface area (Å²) in [6.07, 6.45) is 0.932. The summed E-state index contributed by atoms with van der Waals surface area (Å²) < 4.78 is 16.1. The highest BCUT2D eigenvalue weighted by Gasteiger charge is 2.27. The monoisotopic (exact) mass is 355 g/mol. The molecule has 3 rings (SSSR count). The molecule has 2 aromatic carbocycles. The quantitative estimate of drug-likeness (QED) is 0.564. The smallest absolute Gasteiger partial charge is 0.326 e.